The molecule has 1 atom stereocenters. The van der Waals surface area contributed by atoms with Gasteiger partial charge in [-0.3, -0.25) is 9.69 Å². The molecular formula is C16H26ClN3O. The van der Waals surface area contributed by atoms with E-state index in [1.165, 1.54) is 12.0 Å². The smallest absolute Gasteiger partial charge is 0.238 e. The fraction of sp³-hybridized carbons (Fsp3) is 0.562. The van der Waals surface area contributed by atoms with E-state index in [1.54, 1.807) is 0 Å². The number of amides is 1. The molecule has 118 valence electrons. The predicted octanol–water partition coefficient (Wildman–Crippen LogP) is 2.48. The van der Waals surface area contributed by atoms with Crippen molar-refractivity contribution >= 4 is 24.0 Å². The number of anilines is 1. The number of rotatable bonds is 4. The number of carbonyl (C=O) groups is 1. The lowest BCUT2D eigenvalue weighted by Gasteiger charge is -2.34. The lowest BCUT2D eigenvalue weighted by molar-refractivity contribution is -0.118. The maximum Gasteiger partial charge on any atom is 0.238 e. The van der Waals surface area contributed by atoms with Crippen molar-refractivity contribution in [3.63, 3.8) is 0 Å². The zero-order chi connectivity index (χ0) is 14.5. The quantitative estimate of drug-likeness (QED) is 0.898. The van der Waals surface area contributed by atoms with Gasteiger partial charge in [0, 0.05) is 18.3 Å². The Hall–Kier alpha value is -1.10. The summed E-state index contributed by atoms with van der Waals surface area (Å²) in [6.07, 6.45) is 3.48. The van der Waals surface area contributed by atoms with E-state index in [-0.39, 0.29) is 18.3 Å². The Labute approximate surface area is 133 Å². The second-order valence-corrected chi connectivity index (χ2v) is 5.72. The summed E-state index contributed by atoms with van der Waals surface area (Å²) >= 11 is 0. The minimum atomic E-state index is 0. The summed E-state index contributed by atoms with van der Waals surface area (Å²) in [5.74, 6) is 0.0531. The second kappa shape index (κ2) is 8.37. The molecule has 1 aliphatic heterocycles. The van der Waals surface area contributed by atoms with E-state index in [0.717, 1.165) is 30.6 Å². The van der Waals surface area contributed by atoms with Crippen LogP contribution in [0.4, 0.5) is 5.69 Å². The molecule has 0 spiro atoms. The molecular weight excluding hydrogens is 286 g/mol. The van der Waals surface area contributed by atoms with Crippen molar-refractivity contribution in [3.05, 3.63) is 29.3 Å². The molecule has 0 aromatic heterocycles. The molecule has 1 heterocycles. The van der Waals surface area contributed by atoms with E-state index in [4.69, 9.17) is 5.73 Å². The van der Waals surface area contributed by atoms with Crippen molar-refractivity contribution < 1.29 is 4.79 Å². The molecule has 21 heavy (non-hydrogen) atoms. The zero-order valence-corrected chi connectivity index (χ0v) is 13.7. The summed E-state index contributed by atoms with van der Waals surface area (Å²) in [4.78, 5) is 14.4. The fourth-order valence-corrected chi connectivity index (χ4v) is 2.86. The van der Waals surface area contributed by atoms with Crippen molar-refractivity contribution in [3.8, 4) is 0 Å². The van der Waals surface area contributed by atoms with E-state index < -0.39 is 0 Å². The Balaban J connectivity index is 0.00000220. The van der Waals surface area contributed by atoms with Gasteiger partial charge < -0.3 is 11.1 Å². The van der Waals surface area contributed by atoms with Gasteiger partial charge in [-0.1, -0.05) is 24.1 Å². The Morgan fingerprint density at radius 1 is 1.38 bits per heavy atom. The van der Waals surface area contributed by atoms with Crippen molar-refractivity contribution in [1.82, 2.24) is 4.90 Å². The van der Waals surface area contributed by atoms with Gasteiger partial charge in [0.1, 0.15) is 0 Å². The van der Waals surface area contributed by atoms with Gasteiger partial charge >= 0.3 is 0 Å². The number of benzene rings is 1. The topological polar surface area (TPSA) is 58.4 Å². The van der Waals surface area contributed by atoms with Crippen molar-refractivity contribution in [2.24, 2.45) is 5.73 Å². The molecule has 1 saturated heterocycles. The average Bonchev–Trinajstić information content (AvgIpc) is 2.42. The monoisotopic (exact) mass is 311 g/mol. The maximum absolute atomic E-state index is 12.2. The van der Waals surface area contributed by atoms with Crippen LogP contribution in [0.2, 0.25) is 0 Å². The van der Waals surface area contributed by atoms with Crippen LogP contribution in [-0.2, 0) is 4.79 Å². The second-order valence-electron chi connectivity index (χ2n) is 5.72. The van der Waals surface area contributed by atoms with Gasteiger partial charge in [-0.2, -0.15) is 0 Å². The van der Waals surface area contributed by atoms with E-state index in [2.05, 4.69) is 23.2 Å². The minimum absolute atomic E-state index is 0. The number of nitrogens with two attached hydrogens (primary N) is 1. The Kier molecular flexibility index (Phi) is 7.15. The van der Waals surface area contributed by atoms with Crippen LogP contribution >= 0.6 is 12.4 Å². The number of aryl methyl sites for hydroxylation is 2. The molecule has 1 unspecified atom stereocenters. The summed E-state index contributed by atoms with van der Waals surface area (Å²) in [5.41, 5.74) is 9.01. The molecule has 0 saturated carbocycles. The zero-order valence-electron chi connectivity index (χ0n) is 12.9. The summed E-state index contributed by atoms with van der Waals surface area (Å²) in [6, 6.07) is 6.43. The summed E-state index contributed by atoms with van der Waals surface area (Å²) in [6.45, 7) is 6.12. The molecule has 0 bridgehead atoms. The molecule has 1 amide bonds. The molecule has 2 rings (SSSR count). The molecule has 3 N–H and O–H groups in total. The third-order valence-electron chi connectivity index (χ3n) is 4.02. The molecule has 1 aromatic carbocycles. The van der Waals surface area contributed by atoms with Crippen LogP contribution in [0, 0.1) is 13.8 Å². The lowest BCUT2D eigenvalue weighted by Crippen LogP contribution is -2.47. The highest BCUT2D eigenvalue weighted by atomic mass is 35.5. The van der Waals surface area contributed by atoms with Crippen molar-refractivity contribution in [1.29, 1.82) is 0 Å². The summed E-state index contributed by atoms with van der Waals surface area (Å²) in [7, 11) is 0. The Bertz CT molecular complexity index is 479. The molecule has 1 fully saturated rings. The van der Waals surface area contributed by atoms with Crippen LogP contribution in [0.1, 0.15) is 30.4 Å². The number of hydrogen-bond acceptors (Lipinski definition) is 3. The first-order chi connectivity index (χ1) is 9.60. The first kappa shape index (κ1) is 18.0. The van der Waals surface area contributed by atoms with E-state index >= 15 is 0 Å². The average molecular weight is 312 g/mol. The Morgan fingerprint density at radius 2 is 2.14 bits per heavy atom. The number of nitrogens with one attached hydrogen (secondary N) is 1. The molecule has 0 aliphatic carbocycles. The highest BCUT2D eigenvalue weighted by Gasteiger charge is 2.23. The molecule has 1 aliphatic rings. The fourth-order valence-electron chi connectivity index (χ4n) is 2.86. The lowest BCUT2D eigenvalue weighted by atomic mass is 10.0. The summed E-state index contributed by atoms with van der Waals surface area (Å²) < 4.78 is 0. The van der Waals surface area contributed by atoms with Crippen LogP contribution in [-0.4, -0.2) is 36.5 Å². The summed E-state index contributed by atoms with van der Waals surface area (Å²) in [5, 5.41) is 3.01. The van der Waals surface area contributed by atoms with Crippen LogP contribution in [0.3, 0.4) is 0 Å². The first-order valence-electron chi connectivity index (χ1n) is 7.41. The third kappa shape index (κ3) is 4.99. The molecule has 1 aromatic rings. The predicted molar refractivity (Wildman–Crippen MR) is 90.1 cm³/mol. The SMILES string of the molecule is Cc1ccc(NC(=O)CN2CCCCC2CN)c(C)c1.Cl. The van der Waals surface area contributed by atoms with Crippen LogP contribution in [0.25, 0.3) is 0 Å². The van der Waals surface area contributed by atoms with Gasteiger partial charge in [0.15, 0.2) is 0 Å². The van der Waals surface area contributed by atoms with Gasteiger partial charge in [0.25, 0.3) is 0 Å². The van der Waals surface area contributed by atoms with Gasteiger partial charge in [-0.05, 0) is 44.9 Å². The highest BCUT2D eigenvalue weighted by Crippen LogP contribution is 2.18. The van der Waals surface area contributed by atoms with Crippen LogP contribution in [0.5, 0.6) is 0 Å². The van der Waals surface area contributed by atoms with Gasteiger partial charge in [-0.25, -0.2) is 0 Å². The largest absolute Gasteiger partial charge is 0.329 e. The van der Waals surface area contributed by atoms with Gasteiger partial charge in [-0.15, -0.1) is 12.4 Å². The van der Waals surface area contributed by atoms with Crippen molar-refractivity contribution in [2.45, 2.75) is 39.2 Å². The number of nitrogens with zero attached hydrogens (tertiary/aromatic N) is 1. The van der Waals surface area contributed by atoms with E-state index in [0.29, 0.717) is 19.1 Å². The maximum atomic E-state index is 12.2. The van der Waals surface area contributed by atoms with Crippen molar-refractivity contribution in [2.75, 3.05) is 25.0 Å². The van der Waals surface area contributed by atoms with Gasteiger partial charge in [0.2, 0.25) is 5.91 Å². The number of likely N-dealkylation sites (tertiary alicyclic amines) is 1. The molecule has 4 nitrogen and oxygen atoms in total. The first-order valence-corrected chi connectivity index (χ1v) is 7.41. The molecule has 0 radical (unpaired) electrons. The minimum Gasteiger partial charge on any atom is -0.329 e. The normalized spacial score (nSPS) is 18.9. The number of piperidine rings is 1. The molecule has 5 heteroatoms. The third-order valence-corrected chi connectivity index (χ3v) is 4.02. The van der Waals surface area contributed by atoms with E-state index in [9.17, 15) is 4.79 Å². The number of hydrogen-bond donors (Lipinski definition) is 2. The number of halogens is 1. The van der Waals surface area contributed by atoms with Gasteiger partial charge in [0.05, 0.1) is 6.54 Å². The highest BCUT2D eigenvalue weighted by molar-refractivity contribution is 5.93. The standard InChI is InChI=1S/C16H25N3O.ClH/c1-12-6-7-15(13(2)9-12)18-16(20)11-19-8-4-3-5-14(19)10-17;/h6-7,9,14H,3-5,8,10-11,17H2,1-2H3,(H,18,20);1H. The van der Waals surface area contributed by atoms with E-state index in [1.807, 2.05) is 19.1 Å². The Morgan fingerprint density at radius 3 is 2.81 bits per heavy atom. The number of carbonyl (C=O) groups excluding carboxylic acids is 1. The van der Waals surface area contributed by atoms with Crippen LogP contribution in [0.15, 0.2) is 18.2 Å². The van der Waals surface area contributed by atoms with Crippen LogP contribution < -0.4 is 11.1 Å².